The average Bonchev–Trinajstić information content (AvgIpc) is 2.79. The maximum absolute atomic E-state index is 12.6. The predicted octanol–water partition coefficient (Wildman–Crippen LogP) is 3.37. The molecule has 31 heavy (non-hydrogen) atoms. The number of sulfonamides is 1. The van der Waals surface area contributed by atoms with E-state index in [4.69, 9.17) is 9.47 Å². The zero-order chi connectivity index (χ0) is 21.8. The number of amides is 1. The summed E-state index contributed by atoms with van der Waals surface area (Å²) in [6, 6.07) is 20.3. The first-order valence-electron chi connectivity index (χ1n) is 9.77. The summed E-state index contributed by atoms with van der Waals surface area (Å²) >= 11 is 0. The summed E-state index contributed by atoms with van der Waals surface area (Å²) in [4.78, 5) is 12.8. The molecule has 7 nitrogen and oxygen atoms in total. The average molecular weight is 439 g/mol. The molecule has 0 unspecified atom stereocenters. The third-order valence-electron chi connectivity index (χ3n) is 4.86. The molecular formula is C23H22N2O5S. The normalized spacial score (nSPS) is 15.2. The van der Waals surface area contributed by atoms with E-state index in [0.29, 0.717) is 34.9 Å². The van der Waals surface area contributed by atoms with Gasteiger partial charge in [0.05, 0.1) is 17.1 Å². The number of hydrogen-bond acceptors (Lipinski definition) is 5. The van der Waals surface area contributed by atoms with Crippen molar-refractivity contribution in [2.45, 2.75) is 17.9 Å². The van der Waals surface area contributed by atoms with Crippen molar-refractivity contribution in [1.82, 2.24) is 5.32 Å². The van der Waals surface area contributed by atoms with E-state index >= 15 is 0 Å². The fourth-order valence-electron chi connectivity index (χ4n) is 3.15. The van der Waals surface area contributed by atoms with E-state index < -0.39 is 10.0 Å². The topological polar surface area (TPSA) is 93.7 Å². The summed E-state index contributed by atoms with van der Waals surface area (Å²) < 4.78 is 39.3. The van der Waals surface area contributed by atoms with Crippen molar-refractivity contribution >= 4 is 21.6 Å². The number of hydrogen-bond donors (Lipinski definition) is 2. The molecule has 0 saturated heterocycles. The Morgan fingerprint density at radius 1 is 1.00 bits per heavy atom. The molecule has 8 heteroatoms. The molecule has 0 bridgehead atoms. The second kappa shape index (κ2) is 8.69. The third kappa shape index (κ3) is 4.80. The number of anilines is 1. The minimum absolute atomic E-state index is 0.152. The van der Waals surface area contributed by atoms with Crippen LogP contribution in [0.15, 0.2) is 77.7 Å². The van der Waals surface area contributed by atoms with Crippen molar-refractivity contribution < 1.29 is 22.7 Å². The van der Waals surface area contributed by atoms with Crippen LogP contribution in [0.2, 0.25) is 0 Å². The van der Waals surface area contributed by atoms with Gasteiger partial charge in [0.1, 0.15) is 12.7 Å². The molecule has 0 spiro atoms. The third-order valence-corrected chi connectivity index (χ3v) is 6.24. The first kappa shape index (κ1) is 20.7. The van der Waals surface area contributed by atoms with Crippen molar-refractivity contribution in [1.29, 1.82) is 0 Å². The summed E-state index contributed by atoms with van der Waals surface area (Å²) in [5.74, 6) is 0.988. The highest BCUT2D eigenvalue weighted by atomic mass is 32.2. The van der Waals surface area contributed by atoms with Gasteiger partial charge in [0.15, 0.2) is 11.5 Å². The van der Waals surface area contributed by atoms with Gasteiger partial charge < -0.3 is 14.8 Å². The fraction of sp³-hybridized carbons (Fsp3) is 0.174. The van der Waals surface area contributed by atoms with Gasteiger partial charge in [-0.25, -0.2) is 8.42 Å². The summed E-state index contributed by atoms with van der Waals surface area (Å²) in [6.45, 7) is 2.36. The Morgan fingerprint density at radius 3 is 2.48 bits per heavy atom. The van der Waals surface area contributed by atoms with Crippen molar-refractivity contribution in [3.63, 3.8) is 0 Å². The lowest BCUT2D eigenvalue weighted by atomic mass is 10.1. The molecule has 0 radical (unpaired) electrons. The van der Waals surface area contributed by atoms with Gasteiger partial charge in [0.25, 0.3) is 15.9 Å². The van der Waals surface area contributed by atoms with Crippen molar-refractivity contribution in [2.75, 3.05) is 17.9 Å². The largest absolute Gasteiger partial charge is 0.486 e. The van der Waals surface area contributed by atoms with Crippen LogP contribution < -0.4 is 19.5 Å². The molecule has 0 aliphatic carbocycles. The van der Waals surface area contributed by atoms with Gasteiger partial charge in [-0.1, -0.05) is 36.4 Å². The number of fused-ring (bicyclic) bond motifs is 1. The molecule has 3 aromatic carbocycles. The molecule has 1 amide bonds. The molecule has 160 valence electrons. The van der Waals surface area contributed by atoms with E-state index in [1.54, 1.807) is 37.3 Å². The van der Waals surface area contributed by atoms with Crippen LogP contribution in [0, 0.1) is 6.92 Å². The Kier molecular flexibility index (Phi) is 5.81. The van der Waals surface area contributed by atoms with Crippen molar-refractivity contribution in [3.8, 4) is 11.5 Å². The lowest BCUT2D eigenvalue weighted by Gasteiger charge is -2.26. The molecule has 1 aliphatic heterocycles. The molecule has 2 N–H and O–H groups in total. The first-order valence-corrected chi connectivity index (χ1v) is 11.3. The van der Waals surface area contributed by atoms with Crippen LogP contribution in [-0.4, -0.2) is 33.6 Å². The van der Waals surface area contributed by atoms with Crippen molar-refractivity contribution in [3.05, 3.63) is 83.9 Å². The van der Waals surface area contributed by atoms with Gasteiger partial charge in [-0.3, -0.25) is 9.52 Å². The fourth-order valence-corrected chi connectivity index (χ4v) is 4.29. The number of carbonyl (C=O) groups is 1. The smallest absolute Gasteiger partial charge is 0.261 e. The minimum Gasteiger partial charge on any atom is -0.486 e. The van der Waals surface area contributed by atoms with Crippen LogP contribution in [0.25, 0.3) is 0 Å². The number of rotatable bonds is 6. The van der Waals surface area contributed by atoms with E-state index in [-0.39, 0.29) is 23.5 Å². The van der Waals surface area contributed by atoms with Crippen LogP contribution in [0.4, 0.5) is 5.69 Å². The first-order chi connectivity index (χ1) is 14.9. The Hall–Kier alpha value is -3.52. The second-order valence-corrected chi connectivity index (χ2v) is 8.84. The Labute approximate surface area is 181 Å². The molecule has 0 fully saturated rings. The van der Waals surface area contributed by atoms with Crippen molar-refractivity contribution in [2.24, 2.45) is 0 Å². The van der Waals surface area contributed by atoms with Gasteiger partial charge in [-0.2, -0.15) is 0 Å². The minimum atomic E-state index is -3.75. The summed E-state index contributed by atoms with van der Waals surface area (Å²) in [5, 5.41) is 2.82. The van der Waals surface area contributed by atoms with Gasteiger partial charge in [0.2, 0.25) is 0 Å². The van der Waals surface area contributed by atoms with Crippen LogP contribution in [0.5, 0.6) is 11.5 Å². The molecule has 4 rings (SSSR count). The van der Waals surface area contributed by atoms with Crippen LogP contribution >= 0.6 is 0 Å². The maximum atomic E-state index is 12.6. The highest BCUT2D eigenvalue weighted by molar-refractivity contribution is 7.92. The number of ether oxygens (including phenoxy) is 2. The Bertz CT molecular complexity index is 1200. The summed E-state index contributed by atoms with van der Waals surface area (Å²) in [7, 11) is -3.75. The predicted molar refractivity (Wildman–Crippen MR) is 117 cm³/mol. The van der Waals surface area contributed by atoms with Crippen LogP contribution in [0.3, 0.4) is 0 Å². The number of nitrogens with one attached hydrogen (secondary N) is 2. The number of aryl methyl sites for hydroxylation is 1. The second-order valence-electron chi connectivity index (χ2n) is 7.16. The molecule has 1 atom stereocenters. The zero-order valence-electron chi connectivity index (χ0n) is 16.9. The van der Waals surface area contributed by atoms with E-state index in [9.17, 15) is 13.2 Å². The zero-order valence-corrected chi connectivity index (χ0v) is 17.7. The molecular weight excluding hydrogens is 416 g/mol. The Morgan fingerprint density at radius 2 is 1.71 bits per heavy atom. The van der Waals surface area contributed by atoms with Gasteiger partial charge >= 0.3 is 0 Å². The van der Waals surface area contributed by atoms with Crippen LogP contribution in [-0.2, 0) is 10.0 Å². The van der Waals surface area contributed by atoms with Gasteiger partial charge in [-0.15, -0.1) is 0 Å². The van der Waals surface area contributed by atoms with E-state index in [1.807, 2.05) is 24.3 Å². The van der Waals surface area contributed by atoms with E-state index in [1.165, 1.54) is 18.2 Å². The monoisotopic (exact) mass is 438 g/mol. The number of para-hydroxylation sites is 2. The highest BCUT2D eigenvalue weighted by Gasteiger charge is 2.22. The number of benzene rings is 3. The molecule has 0 aromatic heterocycles. The summed E-state index contributed by atoms with van der Waals surface area (Å²) in [5.41, 5.74) is 1.40. The Balaban J connectivity index is 1.43. The molecule has 0 saturated carbocycles. The van der Waals surface area contributed by atoms with E-state index in [2.05, 4.69) is 10.0 Å². The maximum Gasteiger partial charge on any atom is 0.261 e. The molecule has 1 heterocycles. The van der Waals surface area contributed by atoms with Crippen LogP contribution in [0.1, 0.15) is 15.9 Å². The molecule has 1 aliphatic rings. The standard InChI is InChI=1S/C23H22N2O5S/c1-16-11-12-17(13-20(16)25-31(27,28)19-7-3-2-4-8-19)23(26)24-14-18-15-29-21-9-5-6-10-22(21)30-18/h2-13,18,25H,14-15H2,1H3,(H,24,26)/t18-/m1/s1. The molecule has 3 aromatic rings. The highest BCUT2D eigenvalue weighted by Crippen LogP contribution is 2.30. The summed E-state index contributed by atoms with van der Waals surface area (Å²) in [6.07, 6.45) is -0.319. The SMILES string of the molecule is Cc1ccc(C(=O)NC[C@@H]2COc3ccccc3O2)cc1NS(=O)(=O)c1ccccc1. The van der Waals surface area contributed by atoms with Gasteiger partial charge in [-0.05, 0) is 48.9 Å². The number of carbonyl (C=O) groups excluding carboxylic acids is 1. The lowest BCUT2D eigenvalue weighted by Crippen LogP contribution is -2.40. The van der Waals surface area contributed by atoms with Gasteiger partial charge in [0, 0.05) is 5.56 Å². The lowest BCUT2D eigenvalue weighted by molar-refractivity contribution is 0.0789. The quantitative estimate of drug-likeness (QED) is 0.616. The van der Waals surface area contributed by atoms with E-state index in [0.717, 1.165) is 0 Å².